The van der Waals surface area contributed by atoms with Crippen LogP contribution in [0.4, 0.5) is 5.69 Å². The molecule has 0 fully saturated rings. The van der Waals surface area contributed by atoms with E-state index in [1.165, 1.54) is 0 Å². The molecule has 6 nitrogen and oxygen atoms in total. The van der Waals surface area contributed by atoms with Crippen molar-refractivity contribution in [3.8, 4) is 5.75 Å². The van der Waals surface area contributed by atoms with Crippen LogP contribution in [0.2, 0.25) is 0 Å². The van der Waals surface area contributed by atoms with E-state index in [0.29, 0.717) is 12.3 Å². The van der Waals surface area contributed by atoms with E-state index >= 15 is 0 Å². The lowest BCUT2D eigenvalue weighted by Gasteiger charge is -2.08. The third-order valence-electron chi connectivity index (χ3n) is 2.90. The van der Waals surface area contributed by atoms with Gasteiger partial charge in [-0.05, 0) is 36.2 Å². The normalized spacial score (nSPS) is 11.0. The lowest BCUT2D eigenvalue weighted by molar-refractivity contribution is 0.306. The first kappa shape index (κ1) is 15.4. The summed E-state index contributed by atoms with van der Waals surface area (Å²) in [6.45, 7) is 2.43. The molecule has 0 bridgehead atoms. The van der Waals surface area contributed by atoms with Gasteiger partial charge in [-0.2, -0.15) is 4.99 Å². The minimum atomic E-state index is -0.123. The molecule has 0 aliphatic heterocycles. The third kappa shape index (κ3) is 4.52. The van der Waals surface area contributed by atoms with Gasteiger partial charge >= 0.3 is 0 Å². The van der Waals surface area contributed by atoms with Crippen molar-refractivity contribution < 1.29 is 4.74 Å². The summed E-state index contributed by atoms with van der Waals surface area (Å²) < 4.78 is 5.75. The van der Waals surface area contributed by atoms with Crippen molar-refractivity contribution in [3.63, 3.8) is 0 Å². The second-order valence-electron chi connectivity index (χ2n) is 4.73. The van der Waals surface area contributed by atoms with Gasteiger partial charge in [-0.3, -0.25) is 0 Å². The Morgan fingerprint density at radius 1 is 1.05 bits per heavy atom. The molecular weight excluding hydrogens is 278 g/mol. The Labute approximate surface area is 129 Å². The average Bonchev–Trinajstić information content (AvgIpc) is 2.48. The predicted molar refractivity (Wildman–Crippen MR) is 89.0 cm³/mol. The number of hydrogen-bond donors (Lipinski definition) is 3. The fraction of sp³-hybridized carbons (Fsp3) is 0.125. The number of aliphatic imine (C=N–C) groups is 2. The maximum absolute atomic E-state index is 5.75. The first-order valence-corrected chi connectivity index (χ1v) is 6.76. The molecule has 2 rings (SSSR count). The molecule has 0 aromatic heterocycles. The highest BCUT2D eigenvalue weighted by Crippen LogP contribution is 2.24. The summed E-state index contributed by atoms with van der Waals surface area (Å²) in [6.07, 6.45) is 0. The molecule has 0 spiro atoms. The van der Waals surface area contributed by atoms with Gasteiger partial charge in [-0.15, -0.1) is 0 Å². The van der Waals surface area contributed by atoms with Crippen LogP contribution in [-0.4, -0.2) is 11.9 Å². The van der Waals surface area contributed by atoms with Crippen LogP contribution < -0.4 is 21.9 Å². The van der Waals surface area contributed by atoms with Crippen molar-refractivity contribution in [3.05, 3.63) is 59.7 Å². The molecule has 0 amide bonds. The van der Waals surface area contributed by atoms with Crippen molar-refractivity contribution in [2.75, 3.05) is 0 Å². The SMILES string of the molecule is Cc1cc(OCc2ccccc2)ccc1N=C(N)N=C(N)N. The quantitative estimate of drug-likeness (QED) is 0.590. The largest absolute Gasteiger partial charge is 0.489 e. The van der Waals surface area contributed by atoms with Gasteiger partial charge in [-0.25, -0.2) is 4.99 Å². The van der Waals surface area contributed by atoms with Crippen molar-refractivity contribution in [2.24, 2.45) is 27.2 Å². The highest BCUT2D eigenvalue weighted by atomic mass is 16.5. The number of aryl methyl sites for hydroxylation is 1. The minimum Gasteiger partial charge on any atom is -0.489 e. The number of guanidine groups is 2. The summed E-state index contributed by atoms with van der Waals surface area (Å²) >= 11 is 0. The van der Waals surface area contributed by atoms with E-state index in [-0.39, 0.29) is 11.9 Å². The van der Waals surface area contributed by atoms with Gasteiger partial charge in [0, 0.05) is 0 Å². The van der Waals surface area contributed by atoms with Crippen LogP contribution in [0, 0.1) is 6.92 Å². The third-order valence-corrected chi connectivity index (χ3v) is 2.90. The van der Waals surface area contributed by atoms with E-state index in [2.05, 4.69) is 9.98 Å². The maximum Gasteiger partial charge on any atom is 0.223 e. The summed E-state index contributed by atoms with van der Waals surface area (Å²) in [4.78, 5) is 7.83. The van der Waals surface area contributed by atoms with Crippen molar-refractivity contribution in [1.82, 2.24) is 0 Å². The molecule has 0 saturated carbocycles. The predicted octanol–water partition coefficient (Wildman–Crippen LogP) is 1.79. The molecule has 0 atom stereocenters. The van der Waals surface area contributed by atoms with Gasteiger partial charge in [0.1, 0.15) is 12.4 Å². The summed E-state index contributed by atoms with van der Waals surface area (Å²) in [7, 11) is 0. The van der Waals surface area contributed by atoms with E-state index in [0.717, 1.165) is 16.9 Å². The van der Waals surface area contributed by atoms with E-state index < -0.39 is 0 Å². The summed E-state index contributed by atoms with van der Waals surface area (Å²) in [5, 5.41) is 0. The van der Waals surface area contributed by atoms with Crippen LogP contribution in [-0.2, 0) is 6.61 Å². The number of rotatable bonds is 4. The number of ether oxygens (including phenoxy) is 1. The Morgan fingerprint density at radius 2 is 1.77 bits per heavy atom. The van der Waals surface area contributed by atoms with Gasteiger partial charge in [0.2, 0.25) is 5.96 Å². The van der Waals surface area contributed by atoms with Crippen LogP contribution in [0.3, 0.4) is 0 Å². The van der Waals surface area contributed by atoms with Gasteiger partial charge in [-0.1, -0.05) is 30.3 Å². The van der Waals surface area contributed by atoms with Crippen LogP contribution in [0.5, 0.6) is 5.75 Å². The highest BCUT2D eigenvalue weighted by molar-refractivity contribution is 5.93. The fourth-order valence-corrected chi connectivity index (χ4v) is 1.86. The lowest BCUT2D eigenvalue weighted by Crippen LogP contribution is -2.26. The van der Waals surface area contributed by atoms with Crippen molar-refractivity contribution >= 4 is 17.6 Å². The molecular formula is C16H19N5O. The Hall–Kier alpha value is -3.02. The highest BCUT2D eigenvalue weighted by Gasteiger charge is 2.02. The zero-order valence-corrected chi connectivity index (χ0v) is 12.4. The molecule has 0 aliphatic rings. The van der Waals surface area contributed by atoms with Gasteiger partial charge in [0.15, 0.2) is 5.96 Å². The van der Waals surface area contributed by atoms with Gasteiger partial charge in [0.05, 0.1) is 5.69 Å². The molecule has 6 heteroatoms. The van der Waals surface area contributed by atoms with E-state index in [1.54, 1.807) is 0 Å². The molecule has 114 valence electrons. The van der Waals surface area contributed by atoms with Crippen LogP contribution >= 0.6 is 0 Å². The zero-order valence-electron chi connectivity index (χ0n) is 12.4. The summed E-state index contributed by atoms with van der Waals surface area (Å²) in [5.74, 6) is 0.656. The molecule has 0 saturated heterocycles. The first-order chi connectivity index (χ1) is 10.5. The molecule has 0 unspecified atom stereocenters. The molecule has 0 aliphatic carbocycles. The first-order valence-electron chi connectivity index (χ1n) is 6.76. The summed E-state index contributed by atoms with van der Waals surface area (Å²) in [6, 6.07) is 15.5. The van der Waals surface area contributed by atoms with E-state index in [1.807, 2.05) is 55.5 Å². The Balaban J connectivity index is 2.08. The van der Waals surface area contributed by atoms with Crippen LogP contribution in [0.25, 0.3) is 0 Å². The van der Waals surface area contributed by atoms with Crippen molar-refractivity contribution in [1.29, 1.82) is 0 Å². The van der Waals surface area contributed by atoms with E-state index in [4.69, 9.17) is 21.9 Å². The maximum atomic E-state index is 5.75. The average molecular weight is 297 g/mol. The molecule has 0 heterocycles. The monoisotopic (exact) mass is 297 g/mol. The summed E-state index contributed by atoms with van der Waals surface area (Å²) in [5.41, 5.74) is 18.8. The topological polar surface area (TPSA) is 112 Å². The van der Waals surface area contributed by atoms with Crippen LogP contribution in [0.15, 0.2) is 58.5 Å². The smallest absolute Gasteiger partial charge is 0.223 e. The number of nitrogens with zero attached hydrogens (tertiary/aromatic N) is 2. The molecule has 6 N–H and O–H groups in total. The molecule has 0 radical (unpaired) electrons. The lowest BCUT2D eigenvalue weighted by atomic mass is 10.2. The van der Waals surface area contributed by atoms with Crippen LogP contribution in [0.1, 0.15) is 11.1 Å². The zero-order chi connectivity index (χ0) is 15.9. The number of nitrogens with two attached hydrogens (primary N) is 3. The van der Waals surface area contributed by atoms with Gasteiger partial charge in [0.25, 0.3) is 0 Å². The number of hydrogen-bond acceptors (Lipinski definition) is 2. The Bertz CT molecular complexity index is 691. The van der Waals surface area contributed by atoms with Crippen molar-refractivity contribution in [2.45, 2.75) is 13.5 Å². The molecule has 22 heavy (non-hydrogen) atoms. The number of benzene rings is 2. The van der Waals surface area contributed by atoms with Gasteiger partial charge < -0.3 is 21.9 Å². The standard InChI is InChI=1S/C16H19N5O/c1-11-9-13(22-10-12-5-3-2-4-6-12)7-8-14(11)20-16(19)21-15(17)18/h2-9H,10H2,1H3,(H6,17,18,19,20,21). The fourth-order valence-electron chi connectivity index (χ4n) is 1.86. The molecule has 2 aromatic rings. The molecule has 2 aromatic carbocycles. The Morgan fingerprint density at radius 3 is 2.41 bits per heavy atom. The second-order valence-corrected chi connectivity index (χ2v) is 4.73. The minimum absolute atomic E-state index is 0.0149. The van der Waals surface area contributed by atoms with E-state index in [9.17, 15) is 0 Å². The Kier molecular flexibility index (Phi) is 4.98. The second kappa shape index (κ2) is 7.12.